The van der Waals surface area contributed by atoms with Gasteiger partial charge >= 0.3 is 0 Å². The van der Waals surface area contributed by atoms with E-state index in [0.717, 1.165) is 11.4 Å². The van der Waals surface area contributed by atoms with Gasteiger partial charge in [0.2, 0.25) is 5.91 Å². The molecular weight excluding hydrogens is 262 g/mol. The van der Waals surface area contributed by atoms with Crippen LogP contribution >= 0.6 is 0 Å². The second-order valence-corrected chi connectivity index (χ2v) is 6.00. The van der Waals surface area contributed by atoms with E-state index >= 15 is 0 Å². The first-order valence-electron chi connectivity index (χ1n) is 6.94. The molecule has 21 heavy (non-hydrogen) atoms. The van der Waals surface area contributed by atoms with E-state index in [9.17, 15) is 4.79 Å². The zero-order chi connectivity index (χ0) is 15.5. The molecule has 1 aromatic heterocycles. The number of nitrogens with zero attached hydrogens (tertiary/aromatic N) is 2. The van der Waals surface area contributed by atoms with Crippen LogP contribution in [0.25, 0.3) is 0 Å². The lowest BCUT2D eigenvalue weighted by Gasteiger charge is -2.20. The van der Waals surface area contributed by atoms with Gasteiger partial charge in [0.05, 0.1) is 11.9 Å². The van der Waals surface area contributed by atoms with Crippen molar-refractivity contribution in [2.75, 3.05) is 17.3 Å². The molecule has 0 radical (unpaired) electrons. The molecule has 0 aliphatic carbocycles. The molecule has 2 aromatic rings. The summed E-state index contributed by atoms with van der Waals surface area (Å²) in [7, 11) is 1.99. The maximum Gasteiger partial charge on any atom is 0.230 e. The van der Waals surface area contributed by atoms with Gasteiger partial charge in [0, 0.05) is 18.2 Å². The van der Waals surface area contributed by atoms with Crippen LogP contribution < -0.4 is 10.2 Å². The second-order valence-electron chi connectivity index (χ2n) is 6.00. The number of hydrogen-bond acceptors (Lipinski definition) is 3. The topological polar surface area (TPSA) is 45.2 Å². The number of benzene rings is 1. The van der Waals surface area contributed by atoms with Gasteiger partial charge in [-0.3, -0.25) is 4.79 Å². The van der Waals surface area contributed by atoms with E-state index in [2.05, 4.69) is 10.3 Å². The van der Waals surface area contributed by atoms with Gasteiger partial charge in [0.1, 0.15) is 5.82 Å². The van der Waals surface area contributed by atoms with E-state index in [1.807, 2.05) is 75.2 Å². The Bertz CT molecular complexity index is 600. The van der Waals surface area contributed by atoms with Crippen LogP contribution in [-0.2, 0) is 4.79 Å². The largest absolute Gasteiger partial charge is 0.343 e. The Kier molecular flexibility index (Phi) is 4.26. The summed E-state index contributed by atoms with van der Waals surface area (Å²) in [6, 6.07) is 13.8. The average Bonchev–Trinajstić information content (AvgIpc) is 2.47. The number of nitrogens with one attached hydrogen (secondary N) is 1. The molecule has 4 nitrogen and oxygen atoms in total. The molecule has 110 valence electrons. The van der Waals surface area contributed by atoms with E-state index in [0.29, 0.717) is 5.82 Å². The zero-order valence-electron chi connectivity index (χ0n) is 12.9. The summed E-state index contributed by atoms with van der Waals surface area (Å²) in [5.41, 5.74) is 1.63. The van der Waals surface area contributed by atoms with Crippen LogP contribution in [0.2, 0.25) is 0 Å². The molecule has 0 bridgehead atoms. The number of amides is 1. The molecule has 1 N–H and O–H groups in total. The molecule has 0 spiro atoms. The highest BCUT2D eigenvalue weighted by Crippen LogP contribution is 2.23. The lowest BCUT2D eigenvalue weighted by atomic mass is 9.96. The summed E-state index contributed by atoms with van der Waals surface area (Å²) in [5.74, 6) is 0.527. The fourth-order valence-electron chi connectivity index (χ4n) is 1.76. The van der Waals surface area contributed by atoms with Crippen LogP contribution in [0.5, 0.6) is 0 Å². The third-order valence-electron chi connectivity index (χ3n) is 3.20. The Morgan fingerprint density at radius 2 is 1.71 bits per heavy atom. The van der Waals surface area contributed by atoms with E-state index < -0.39 is 5.41 Å². The van der Waals surface area contributed by atoms with E-state index in [1.165, 1.54) is 0 Å². The monoisotopic (exact) mass is 283 g/mol. The smallest absolute Gasteiger partial charge is 0.230 e. The predicted octanol–water partition coefficient (Wildman–Crippen LogP) is 3.83. The first kappa shape index (κ1) is 15.0. The molecule has 0 saturated heterocycles. The van der Waals surface area contributed by atoms with Crippen LogP contribution in [0, 0.1) is 5.41 Å². The van der Waals surface area contributed by atoms with Crippen molar-refractivity contribution < 1.29 is 4.79 Å². The molecule has 2 rings (SSSR count). The number of anilines is 3. The maximum absolute atomic E-state index is 11.9. The van der Waals surface area contributed by atoms with Crippen molar-refractivity contribution in [1.29, 1.82) is 0 Å². The molecule has 0 saturated carbocycles. The van der Waals surface area contributed by atoms with Crippen molar-refractivity contribution in [1.82, 2.24) is 4.98 Å². The van der Waals surface area contributed by atoms with Crippen molar-refractivity contribution in [2.24, 2.45) is 5.41 Å². The van der Waals surface area contributed by atoms with Gasteiger partial charge in [0.15, 0.2) is 0 Å². The third-order valence-corrected chi connectivity index (χ3v) is 3.20. The van der Waals surface area contributed by atoms with Crippen molar-refractivity contribution >= 4 is 23.1 Å². The Morgan fingerprint density at radius 3 is 2.24 bits per heavy atom. The molecule has 4 heteroatoms. The standard InChI is InChI=1S/C17H21N3O/c1-17(2,3)16(21)19-15-11-10-14(12-18-15)20(4)13-8-6-5-7-9-13/h5-12H,1-4H3,(H,18,19,21). The molecule has 1 heterocycles. The van der Waals surface area contributed by atoms with Crippen LogP contribution in [0.4, 0.5) is 17.2 Å². The Labute approximate surface area is 125 Å². The Balaban J connectivity index is 2.11. The number of carbonyl (C=O) groups is 1. The van der Waals surface area contributed by atoms with Gasteiger partial charge in [0.25, 0.3) is 0 Å². The summed E-state index contributed by atoms with van der Waals surface area (Å²) in [6.07, 6.45) is 1.76. The van der Waals surface area contributed by atoms with E-state index in [4.69, 9.17) is 0 Å². The minimum atomic E-state index is -0.429. The number of aromatic nitrogens is 1. The highest BCUT2D eigenvalue weighted by atomic mass is 16.2. The summed E-state index contributed by atoms with van der Waals surface area (Å²) >= 11 is 0. The third kappa shape index (κ3) is 3.81. The first-order chi connectivity index (χ1) is 9.88. The van der Waals surface area contributed by atoms with Gasteiger partial charge < -0.3 is 10.2 Å². The van der Waals surface area contributed by atoms with Crippen molar-refractivity contribution in [3.63, 3.8) is 0 Å². The predicted molar refractivity (Wildman–Crippen MR) is 86.8 cm³/mol. The number of rotatable bonds is 3. The summed E-state index contributed by atoms with van der Waals surface area (Å²) in [4.78, 5) is 18.3. The number of para-hydroxylation sites is 1. The molecule has 1 amide bonds. The van der Waals surface area contributed by atoms with E-state index in [1.54, 1.807) is 6.20 Å². The van der Waals surface area contributed by atoms with Crippen LogP contribution in [0.1, 0.15) is 20.8 Å². The van der Waals surface area contributed by atoms with Gasteiger partial charge in [-0.05, 0) is 24.3 Å². The number of carbonyl (C=O) groups excluding carboxylic acids is 1. The van der Waals surface area contributed by atoms with Crippen molar-refractivity contribution in [2.45, 2.75) is 20.8 Å². The number of hydrogen-bond donors (Lipinski definition) is 1. The summed E-state index contributed by atoms with van der Waals surface area (Å²) in [5, 5.41) is 2.82. The molecule has 0 aliphatic rings. The molecular formula is C17H21N3O. The summed E-state index contributed by atoms with van der Waals surface area (Å²) in [6.45, 7) is 5.62. The lowest BCUT2D eigenvalue weighted by molar-refractivity contribution is -0.123. The quantitative estimate of drug-likeness (QED) is 0.931. The normalized spacial score (nSPS) is 11.0. The molecule has 0 atom stereocenters. The van der Waals surface area contributed by atoms with Crippen LogP contribution in [0.3, 0.4) is 0 Å². The van der Waals surface area contributed by atoms with Crippen molar-refractivity contribution in [3.8, 4) is 0 Å². The maximum atomic E-state index is 11.9. The fourth-order valence-corrected chi connectivity index (χ4v) is 1.76. The number of pyridine rings is 1. The van der Waals surface area contributed by atoms with E-state index in [-0.39, 0.29) is 5.91 Å². The van der Waals surface area contributed by atoms with Crippen LogP contribution in [-0.4, -0.2) is 17.9 Å². The van der Waals surface area contributed by atoms with Crippen molar-refractivity contribution in [3.05, 3.63) is 48.7 Å². The lowest BCUT2D eigenvalue weighted by Crippen LogP contribution is -2.28. The summed E-state index contributed by atoms with van der Waals surface area (Å²) < 4.78 is 0. The fraction of sp³-hybridized carbons (Fsp3) is 0.294. The highest BCUT2D eigenvalue weighted by molar-refractivity contribution is 5.93. The van der Waals surface area contributed by atoms with Gasteiger partial charge in [-0.2, -0.15) is 0 Å². The molecule has 0 aliphatic heterocycles. The second kappa shape index (κ2) is 5.95. The molecule has 0 unspecified atom stereocenters. The molecule has 0 fully saturated rings. The Hall–Kier alpha value is -2.36. The zero-order valence-corrected chi connectivity index (χ0v) is 12.9. The van der Waals surface area contributed by atoms with Gasteiger partial charge in [-0.15, -0.1) is 0 Å². The minimum Gasteiger partial charge on any atom is -0.343 e. The highest BCUT2D eigenvalue weighted by Gasteiger charge is 2.21. The SMILES string of the molecule is CN(c1ccccc1)c1ccc(NC(=O)C(C)(C)C)nc1. The van der Waals surface area contributed by atoms with Gasteiger partial charge in [-0.1, -0.05) is 39.0 Å². The van der Waals surface area contributed by atoms with Gasteiger partial charge in [-0.25, -0.2) is 4.98 Å². The minimum absolute atomic E-state index is 0.0424. The first-order valence-corrected chi connectivity index (χ1v) is 6.94. The average molecular weight is 283 g/mol. The van der Waals surface area contributed by atoms with Crippen LogP contribution in [0.15, 0.2) is 48.7 Å². The Morgan fingerprint density at radius 1 is 1.05 bits per heavy atom. The molecule has 1 aromatic carbocycles.